The average Bonchev–Trinajstić information content (AvgIpc) is 2.47. The van der Waals surface area contributed by atoms with Gasteiger partial charge in [-0.3, -0.25) is 4.79 Å². The van der Waals surface area contributed by atoms with Crippen LogP contribution in [0.2, 0.25) is 0 Å². The number of rotatable bonds is 10. The van der Waals surface area contributed by atoms with Gasteiger partial charge in [0, 0.05) is 24.5 Å². The van der Waals surface area contributed by atoms with E-state index >= 15 is 0 Å². The number of hydrogen-bond donors (Lipinski definition) is 1. The fourth-order valence-electron chi connectivity index (χ4n) is 2.34. The molecule has 0 amide bonds. The van der Waals surface area contributed by atoms with E-state index in [0.717, 1.165) is 25.7 Å². The van der Waals surface area contributed by atoms with E-state index < -0.39 is 5.97 Å². The summed E-state index contributed by atoms with van der Waals surface area (Å²) < 4.78 is 1.77. The summed E-state index contributed by atoms with van der Waals surface area (Å²) in [5.41, 5.74) is 0.155. The molecule has 0 bridgehead atoms. The van der Waals surface area contributed by atoms with Gasteiger partial charge in [0.15, 0.2) is 5.43 Å². The Kier molecular flexibility index (Phi) is 7.51. The molecule has 0 aliphatic rings. The highest BCUT2D eigenvalue weighted by atomic mass is 16.4. The molecule has 1 N–H and O–H groups in total. The number of carboxylic acids is 1. The second-order valence-electron chi connectivity index (χ2n) is 5.26. The lowest BCUT2D eigenvalue weighted by Crippen LogP contribution is -2.21. The summed E-state index contributed by atoms with van der Waals surface area (Å²) in [6.45, 7) is 6.29. The van der Waals surface area contributed by atoms with Crippen molar-refractivity contribution in [1.82, 2.24) is 4.57 Å². The minimum Gasteiger partial charge on any atom is -0.477 e. The molecule has 1 rings (SSSR count). The molecule has 0 saturated carbocycles. The first-order chi connectivity index (χ1) is 10.1. The van der Waals surface area contributed by atoms with E-state index in [2.05, 4.69) is 6.58 Å². The van der Waals surface area contributed by atoms with Gasteiger partial charge in [-0.2, -0.15) is 0 Å². The Labute approximate surface area is 126 Å². The molecule has 0 aromatic carbocycles. The molecule has 1 aromatic rings. The quantitative estimate of drug-likeness (QED) is 0.529. The molecule has 4 heteroatoms. The van der Waals surface area contributed by atoms with Crippen LogP contribution in [-0.4, -0.2) is 15.6 Å². The van der Waals surface area contributed by atoms with Gasteiger partial charge in [0.25, 0.3) is 0 Å². The van der Waals surface area contributed by atoms with Crippen LogP contribution in [0, 0.1) is 0 Å². The van der Waals surface area contributed by atoms with Crippen molar-refractivity contribution < 1.29 is 9.90 Å². The highest BCUT2D eigenvalue weighted by Gasteiger charge is 2.13. The second kappa shape index (κ2) is 9.16. The summed E-state index contributed by atoms with van der Waals surface area (Å²) in [7, 11) is 0. The number of unbranched alkanes of at least 4 members (excludes halogenated alkanes) is 5. The second-order valence-corrected chi connectivity index (χ2v) is 5.26. The Morgan fingerprint density at radius 1 is 1.24 bits per heavy atom. The minimum absolute atomic E-state index is 0.125. The molecule has 116 valence electrons. The molecular formula is C17H25NO3. The Hall–Kier alpha value is -1.84. The number of aryl methyl sites for hydroxylation is 2. The summed E-state index contributed by atoms with van der Waals surface area (Å²) in [6, 6.07) is 0. The van der Waals surface area contributed by atoms with E-state index in [1.165, 1.54) is 19.0 Å². The molecule has 0 spiro atoms. The van der Waals surface area contributed by atoms with Gasteiger partial charge in [0.2, 0.25) is 0 Å². The predicted molar refractivity (Wildman–Crippen MR) is 84.9 cm³/mol. The lowest BCUT2D eigenvalue weighted by atomic mass is 10.0. The zero-order chi connectivity index (χ0) is 15.7. The fourth-order valence-corrected chi connectivity index (χ4v) is 2.34. The van der Waals surface area contributed by atoms with E-state index in [-0.39, 0.29) is 11.0 Å². The van der Waals surface area contributed by atoms with E-state index in [1.54, 1.807) is 10.8 Å². The molecule has 0 atom stereocenters. The maximum atomic E-state index is 12.1. The van der Waals surface area contributed by atoms with Gasteiger partial charge in [-0.15, -0.1) is 6.58 Å². The first-order valence-electron chi connectivity index (χ1n) is 7.67. The smallest absolute Gasteiger partial charge is 0.341 e. The largest absolute Gasteiger partial charge is 0.477 e. The summed E-state index contributed by atoms with van der Waals surface area (Å²) in [5.74, 6) is -1.14. The highest BCUT2D eigenvalue weighted by molar-refractivity contribution is 5.87. The lowest BCUT2D eigenvalue weighted by molar-refractivity contribution is 0.0694. The molecule has 0 aliphatic carbocycles. The standard InChI is InChI=1S/C17H25NO3/c1-3-5-6-7-8-9-10-11-14-12-18(4-2)13-15(16(14)19)17(20)21/h3,12-13H,1,4-11H2,2H3,(H,20,21). The Bertz CT molecular complexity index is 531. The van der Waals surface area contributed by atoms with Crippen LogP contribution in [-0.2, 0) is 13.0 Å². The summed E-state index contributed by atoms with van der Waals surface area (Å²) in [5, 5.41) is 9.08. The molecule has 4 nitrogen and oxygen atoms in total. The van der Waals surface area contributed by atoms with E-state index in [4.69, 9.17) is 5.11 Å². The van der Waals surface area contributed by atoms with Crippen LogP contribution in [0.15, 0.2) is 29.8 Å². The van der Waals surface area contributed by atoms with Crippen LogP contribution in [0.25, 0.3) is 0 Å². The van der Waals surface area contributed by atoms with Crippen LogP contribution >= 0.6 is 0 Å². The number of hydrogen-bond acceptors (Lipinski definition) is 2. The first kappa shape index (κ1) is 17.2. The van der Waals surface area contributed by atoms with Crippen LogP contribution < -0.4 is 5.43 Å². The summed E-state index contributed by atoms with van der Waals surface area (Å²) in [6.07, 6.45) is 12.3. The minimum atomic E-state index is -1.14. The SMILES string of the molecule is C=CCCCCCCCc1cn(CC)cc(C(=O)O)c1=O. The Morgan fingerprint density at radius 3 is 2.52 bits per heavy atom. The summed E-state index contributed by atoms with van der Waals surface area (Å²) >= 11 is 0. The molecule has 0 unspecified atom stereocenters. The zero-order valence-electron chi connectivity index (χ0n) is 12.8. The topological polar surface area (TPSA) is 59.3 Å². The van der Waals surface area contributed by atoms with Crippen molar-refractivity contribution in [3.8, 4) is 0 Å². The van der Waals surface area contributed by atoms with Gasteiger partial charge in [-0.1, -0.05) is 25.3 Å². The number of allylic oxidation sites excluding steroid dienone is 1. The van der Waals surface area contributed by atoms with E-state index in [1.807, 2.05) is 13.0 Å². The maximum absolute atomic E-state index is 12.1. The van der Waals surface area contributed by atoms with Gasteiger partial charge in [0.05, 0.1) is 0 Å². The number of aromatic nitrogens is 1. The van der Waals surface area contributed by atoms with Crippen molar-refractivity contribution in [3.05, 3.63) is 46.4 Å². The van der Waals surface area contributed by atoms with Crippen LogP contribution in [0.4, 0.5) is 0 Å². The van der Waals surface area contributed by atoms with Crippen LogP contribution in [0.1, 0.15) is 61.4 Å². The van der Waals surface area contributed by atoms with Crippen molar-refractivity contribution in [2.45, 2.75) is 58.4 Å². The van der Waals surface area contributed by atoms with Crippen molar-refractivity contribution in [3.63, 3.8) is 0 Å². The first-order valence-corrected chi connectivity index (χ1v) is 7.67. The van der Waals surface area contributed by atoms with Gasteiger partial charge < -0.3 is 9.67 Å². The molecule has 1 aromatic heterocycles. The average molecular weight is 291 g/mol. The fraction of sp³-hybridized carbons (Fsp3) is 0.529. The molecule has 0 fully saturated rings. The Morgan fingerprint density at radius 2 is 1.90 bits per heavy atom. The monoisotopic (exact) mass is 291 g/mol. The third-order valence-corrected chi connectivity index (χ3v) is 3.60. The molecule has 0 aliphatic heterocycles. The number of aromatic carboxylic acids is 1. The number of nitrogens with zero attached hydrogens (tertiary/aromatic N) is 1. The molecule has 21 heavy (non-hydrogen) atoms. The van der Waals surface area contributed by atoms with Crippen molar-refractivity contribution in [1.29, 1.82) is 0 Å². The van der Waals surface area contributed by atoms with Gasteiger partial charge in [0.1, 0.15) is 5.56 Å². The number of carboxylic acid groups (broad SMARTS) is 1. The van der Waals surface area contributed by atoms with Crippen molar-refractivity contribution in [2.24, 2.45) is 0 Å². The maximum Gasteiger partial charge on any atom is 0.341 e. The molecule has 0 saturated heterocycles. The van der Waals surface area contributed by atoms with E-state index in [9.17, 15) is 9.59 Å². The van der Waals surface area contributed by atoms with Crippen LogP contribution in [0.3, 0.4) is 0 Å². The third-order valence-electron chi connectivity index (χ3n) is 3.60. The highest BCUT2D eigenvalue weighted by Crippen LogP contribution is 2.09. The van der Waals surface area contributed by atoms with Gasteiger partial charge in [-0.05, 0) is 32.6 Å². The third kappa shape index (κ3) is 5.58. The van der Waals surface area contributed by atoms with Crippen molar-refractivity contribution >= 4 is 5.97 Å². The van der Waals surface area contributed by atoms with Gasteiger partial charge >= 0.3 is 5.97 Å². The normalized spacial score (nSPS) is 10.5. The summed E-state index contributed by atoms with van der Waals surface area (Å²) in [4.78, 5) is 23.2. The number of pyridine rings is 1. The Balaban J connectivity index is 2.58. The van der Waals surface area contributed by atoms with E-state index in [0.29, 0.717) is 18.5 Å². The van der Waals surface area contributed by atoms with Gasteiger partial charge in [-0.25, -0.2) is 4.79 Å². The molecule has 1 heterocycles. The molecular weight excluding hydrogens is 266 g/mol. The lowest BCUT2D eigenvalue weighted by Gasteiger charge is -2.08. The molecule has 0 radical (unpaired) electrons. The zero-order valence-corrected chi connectivity index (χ0v) is 12.8. The number of carbonyl (C=O) groups is 1. The van der Waals surface area contributed by atoms with Crippen molar-refractivity contribution in [2.75, 3.05) is 0 Å². The van der Waals surface area contributed by atoms with Crippen LogP contribution in [0.5, 0.6) is 0 Å². The predicted octanol–water partition coefficient (Wildman–Crippen LogP) is 3.64.